The van der Waals surface area contributed by atoms with Crippen LogP contribution < -0.4 is 4.74 Å². The van der Waals surface area contributed by atoms with Crippen molar-refractivity contribution >= 4 is 5.65 Å². The highest BCUT2D eigenvalue weighted by atomic mass is 19.4. The van der Waals surface area contributed by atoms with Gasteiger partial charge in [0.15, 0.2) is 5.65 Å². The van der Waals surface area contributed by atoms with Crippen LogP contribution in [-0.2, 0) is 6.18 Å². The topological polar surface area (TPSA) is 52.3 Å². The zero-order valence-electron chi connectivity index (χ0n) is 14.4. The van der Waals surface area contributed by atoms with Gasteiger partial charge in [0.05, 0.1) is 0 Å². The third-order valence-corrected chi connectivity index (χ3v) is 4.01. The van der Waals surface area contributed by atoms with Crippen LogP contribution in [0.2, 0.25) is 0 Å². The van der Waals surface area contributed by atoms with Crippen molar-refractivity contribution in [2.45, 2.75) is 13.1 Å². The van der Waals surface area contributed by atoms with Crippen molar-refractivity contribution in [2.75, 3.05) is 0 Å². The molecule has 9 heteroatoms. The predicted octanol–water partition coefficient (Wildman–Crippen LogP) is 5.05. The summed E-state index contributed by atoms with van der Waals surface area (Å²) in [7, 11) is 0. The van der Waals surface area contributed by atoms with Crippen LogP contribution in [0.5, 0.6) is 11.6 Å². The van der Waals surface area contributed by atoms with E-state index in [2.05, 4.69) is 15.3 Å². The summed E-state index contributed by atoms with van der Waals surface area (Å²) in [5.41, 5.74) is 2.10. The monoisotopic (exact) mass is 388 g/mol. The van der Waals surface area contributed by atoms with E-state index in [0.717, 1.165) is 5.56 Å². The molecule has 0 amide bonds. The second-order valence-electron chi connectivity index (χ2n) is 6.07. The lowest BCUT2D eigenvalue weighted by atomic mass is 10.0. The molecule has 0 atom stereocenters. The lowest BCUT2D eigenvalue weighted by Crippen LogP contribution is -2.12. The Morgan fingerprint density at radius 1 is 0.929 bits per heavy atom. The molecule has 0 aliphatic carbocycles. The standard InChI is InChI=1S/C19H12F4N4O/c1-11-2-4-12(5-3-11)14-10-13(20)6-7-15(14)28-17-9-8-16-24-25-18(19(21,22)23)27(16)26-17/h2-10H,1H3. The second kappa shape index (κ2) is 6.59. The molecule has 0 radical (unpaired) electrons. The predicted molar refractivity (Wildman–Crippen MR) is 92.4 cm³/mol. The molecule has 0 unspecified atom stereocenters. The van der Waals surface area contributed by atoms with Crippen LogP contribution in [-0.4, -0.2) is 19.8 Å². The Hall–Kier alpha value is -3.49. The van der Waals surface area contributed by atoms with Gasteiger partial charge in [0.25, 0.3) is 5.82 Å². The van der Waals surface area contributed by atoms with Crippen molar-refractivity contribution in [3.05, 3.63) is 71.8 Å². The van der Waals surface area contributed by atoms with Gasteiger partial charge in [0, 0.05) is 11.6 Å². The minimum Gasteiger partial charge on any atom is -0.437 e. The zero-order chi connectivity index (χ0) is 19.9. The summed E-state index contributed by atoms with van der Waals surface area (Å²) in [6.45, 7) is 1.92. The molecule has 2 heterocycles. The Morgan fingerprint density at radius 2 is 1.68 bits per heavy atom. The molecular weight excluding hydrogens is 376 g/mol. The van der Waals surface area contributed by atoms with Crippen molar-refractivity contribution in [3.8, 4) is 22.8 Å². The van der Waals surface area contributed by atoms with Gasteiger partial charge in [0.2, 0.25) is 5.88 Å². The molecule has 0 saturated carbocycles. The summed E-state index contributed by atoms with van der Waals surface area (Å²) in [5.74, 6) is -1.59. The quantitative estimate of drug-likeness (QED) is 0.461. The normalized spacial score (nSPS) is 11.8. The van der Waals surface area contributed by atoms with Crippen LogP contribution in [0.3, 0.4) is 0 Å². The summed E-state index contributed by atoms with van der Waals surface area (Å²) in [5, 5.41) is 10.4. The third kappa shape index (κ3) is 3.38. The molecular formula is C19H12F4N4O. The van der Waals surface area contributed by atoms with E-state index in [1.165, 1.54) is 30.3 Å². The molecule has 4 rings (SSSR count). The van der Waals surface area contributed by atoms with E-state index >= 15 is 0 Å². The third-order valence-electron chi connectivity index (χ3n) is 4.01. The second-order valence-corrected chi connectivity index (χ2v) is 6.07. The van der Waals surface area contributed by atoms with Crippen molar-refractivity contribution in [1.29, 1.82) is 0 Å². The highest BCUT2D eigenvalue weighted by molar-refractivity contribution is 5.71. The summed E-state index contributed by atoms with van der Waals surface area (Å²) in [6.07, 6.45) is -4.71. The van der Waals surface area contributed by atoms with E-state index in [4.69, 9.17) is 4.74 Å². The number of ether oxygens (including phenoxy) is 1. The Kier molecular flexibility index (Phi) is 4.21. The van der Waals surface area contributed by atoms with Crippen LogP contribution in [0.4, 0.5) is 17.6 Å². The number of halogens is 4. The Bertz CT molecular complexity index is 1150. The smallest absolute Gasteiger partial charge is 0.437 e. The summed E-state index contributed by atoms with van der Waals surface area (Å²) < 4.78 is 59.1. The highest BCUT2D eigenvalue weighted by Gasteiger charge is 2.37. The molecule has 0 N–H and O–H groups in total. The number of hydrogen-bond acceptors (Lipinski definition) is 4. The fraction of sp³-hybridized carbons (Fsp3) is 0.105. The number of hydrogen-bond donors (Lipinski definition) is 0. The number of aryl methyl sites for hydroxylation is 1. The van der Waals surface area contributed by atoms with Crippen molar-refractivity contribution < 1.29 is 22.3 Å². The number of alkyl halides is 3. The number of fused-ring (bicyclic) bond motifs is 1. The number of nitrogens with zero attached hydrogens (tertiary/aromatic N) is 4. The van der Waals surface area contributed by atoms with Gasteiger partial charge in [0.1, 0.15) is 11.6 Å². The molecule has 0 fully saturated rings. The van der Waals surface area contributed by atoms with Gasteiger partial charge < -0.3 is 4.74 Å². The molecule has 28 heavy (non-hydrogen) atoms. The first kappa shape index (κ1) is 17.9. The minimum absolute atomic E-state index is 0.0717. The van der Waals surface area contributed by atoms with Crippen LogP contribution in [0.25, 0.3) is 16.8 Å². The average molecular weight is 388 g/mol. The van der Waals surface area contributed by atoms with E-state index in [1.807, 2.05) is 19.1 Å². The molecule has 2 aromatic heterocycles. The molecule has 4 aromatic rings. The van der Waals surface area contributed by atoms with Gasteiger partial charge in [-0.2, -0.15) is 17.7 Å². The average Bonchev–Trinajstić information content (AvgIpc) is 3.07. The first-order valence-electron chi connectivity index (χ1n) is 8.15. The van der Waals surface area contributed by atoms with Gasteiger partial charge in [-0.3, -0.25) is 0 Å². The molecule has 0 aliphatic rings. The first-order valence-corrected chi connectivity index (χ1v) is 8.15. The van der Waals surface area contributed by atoms with E-state index in [-0.39, 0.29) is 17.3 Å². The Labute approximate surface area is 156 Å². The van der Waals surface area contributed by atoms with E-state index < -0.39 is 17.8 Å². The van der Waals surface area contributed by atoms with Crippen LogP contribution in [0, 0.1) is 12.7 Å². The van der Waals surface area contributed by atoms with Gasteiger partial charge in [-0.25, -0.2) is 4.39 Å². The van der Waals surface area contributed by atoms with Gasteiger partial charge in [-0.15, -0.1) is 15.3 Å². The van der Waals surface area contributed by atoms with E-state index in [1.54, 1.807) is 12.1 Å². The SMILES string of the molecule is Cc1ccc(-c2cc(F)ccc2Oc2ccc3nnc(C(F)(F)F)n3n2)cc1. The molecule has 0 bridgehead atoms. The summed E-state index contributed by atoms with van der Waals surface area (Å²) in [6, 6.07) is 13.9. The molecule has 0 saturated heterocycles. The van der Waals surface area contributed by atoms with Crippen LogP contribution in [0.1, 0.15) is 11.4 Å². The van der Waals surface area contributed by atoms with Gasteiger partial charge >= 0.3 is 6.18 Å². The fourth-order valence-corrected chi connectivity index (χ4v) is 2.67. The maximum absolute atomic E-state index is 13.8. The zero-order valence-corrected chi connectivity index (χ0v) is 14.4. The lowest BCUT2D eigenvalue weighted by molar-refractivity contribution is -0.146. The van der Waals surface area contributed by atoms with Gasteiger partial charge in [-0.1, -0.05) is 29.8 Å². The summed E-state index contributed by atoms with van der Waals surface area (Å²) in [4.78, 5) is 0. The largest absolute Gasteiger partial charge is 0.453 e. The van der Waals surface area contributed by atoms with Crippen LogP contribution >= 0.6 is 0 Å². The van der Waals surface area contributed by atoms with E-state index in [9.17, 15) is 17.6 Å². The number of aromatic nitrogens is 4. The Morgan fingerprint density at radius 3 is 2.39 bits per heavy atom. The number of rotatable bonds is 3. The molecule has 142 valence electrons. The molecule has 2 aromatic carbocycles. The lowest BCUT2D eigenvalue weighted by Gasteiger charge is -2.12. The van der Waals surface area contributed by atoms with Crippen molar-refractivity contribution in [2.24, 2.45) is 0 Å². The minimum atomic E-state index is -4.71. The molecule has 0 aliphatic heterocycles. The molecule has 5 nitrogen and oxygen atoms in total. The summed E-state index contributed by atoms with van der Waals surface area (Å²) >= 11 is 0. The first-order chi connectivity index (χ1) is 13.3. The number of benzene rings is 2. The molecule has 0 spiro atoms. The van der Waals surface area contributed by atoms with Crippen molar-refractivity contribution in [1.82, 2.24) is 19.8 Å². The maximum Gasteiger partial charge on any atom is 0.453 e. The maximum atomic E-state index is 13.8. The Balaban J connectivity index is 1.76. The van der Waals surface area contributed by atoms with Gasteiger partial charge in [-0.05, 0) is 36.8 Å². The van der Waals surface area contributed by atoms with Crippen LogP contribution in [0.15, 0.2) is 54.6 Å². The van der Waals surface area contributed by atoms with Crippen molar-refractivity contribution in [3.63, 3.8) is 0 Å². The van der Waals surface area contributed by atoms with E-state index in [0.29, 0.717) is 15.6 Å². The fourth-order valence-electron chi connectivity index (χ4n) is 2.67. The highest BCUT2D eigenvalue weighted by Crippen LogP contribution is 2.34.